The van der Waals surface area contributed by atoms with Crippen LogP contribution in [-0.4, -0.2) is 42.9 Å². The summed E-state index contributed by atoms with van der Waals surface area (Å²) in [6.07, 6.45) is 10.4. The number of hydrogen-bond donors (Lipinski definition) is 1. The Morgan fingerprint density at radius 1 is 1.09 bits per heavy atom. The number of rotatable bonds is 7. The van der Waals surface area contributed by atoms with Gasteiger partial charge in [-0.15, -0.1) is 5.10 Å². The van der Waals surface area contributed by atoms with Crippen LogP contribution in [0.4, 0.5) is 0 Å². The van der Waals surface area contributed by atoms with Crippen molar-refractivity contribution < 1.29 is 9.47 Å². The van der Waals surface area contributed by atoms with Crippen LogP contribution in [0.3, 0.4) is 0 Å². The summed E-state index contributed by atoms with van der Waals surface area (Å²) < 4.78 is 13.1. The topological polar surface area (TPSA) is 98.2 Å². The van der Waals surface area contributed by atoms with E-state index in [0.29, 0.717) is 24.4 Å². The van der Waals surface area contributed by atoms with Gasteiger partial charge >= 0.3 is 0 Å². The molecule has 3 aliphatic rings. The van der Waals surface area contributed by atoms with Crippen molar-refractivity contribution in [3.8, 4) is 11.5 Å². The van der Waals surface area contributed by atoms with Crippen LogP contribution in [0.5, 0.6) is 11.5 Å². The van der Waals surface area contributed by atoms with Crippen LogP contribution in [0.25, 0.3) is 10.9 Å². The molecular formula is C25H32N6O3. The van der Waals surface area contributed by atoms with Crippen LogP contribution >= 0.6 is 0 Å². The fourth-order valence-corrected chi connectivity index (χ4v) is 6.08. The first kappa shape index (κ1) is 21.6. The van der Waals surface area contributed by atoms with Crippen LogP contribution in [0, 0.1) is 0 Å². The van der Waals surface area contributed by atoms with E-state index in [2.05, 4.69) is 37.0 Å². The van der Waals surface area contributed by atoms with Gasteiger partial charge in [0.25, 0.3) is 5.56 Å². The lowest BCUT2D eigenvalue weighted by Crippen LogP contribution is -2.39. The van der Waals surface area contributed by atoms with Crippen molar-refractivity contribution in [2.75, 3.05) is 6.79 Å². The predicted molar refractivity (Wildman–Crippen MR) is 127 cm³/mol. The number of pyridine rings is 1. The van der Waals surface area contributed by atoms with Crippen molar-refractivity contribution in [2.24, 2.45) is 0 Å². The number of nitrogens with one attached hydrogen (secondary N) is 1. The quantitative estimate of drug-likeness (QED) is 0.558. The Morgan fingerprint density at radius 3 is 2.59 bits per heavy atom. The largest absolute Gasteiger partial charge is 0.454 e. The minimum absolute atomic E-state index is 0.0559. The third-order valence-electron chi connectivity index (χ3n) is 7.83. The zero-order valence-electron chi connectivity index (χ0n) is 19.7. The molecule has 0 amide bonds. The van der Waals surface area contributed by atoms with Crippen LogP contribution in [-0.2, 0) is 6.54 Å². The molecule has 1 atom stereocenters. The number of ether oxygens (including phenoxy) is 2. The van der Waals surface area contributed by atoms with Gasteiger partial charge in [0.2, 0.25) is 6.79 Å². The fraction of sp³-hybridized carbons (Fsp3) is 0.600. The maximum absolute atomic E-state index is 13.2. The second-order valence-corrected chi connectivity index (χ2v) is 9.87. The lowest BCUT2D eigenvalue weighted by Gasteiger charge is -2.35. The number of fused-ring (bicyclic) bond motifs is 2. The second kappa shape index (κ2) is 9.02. The van der Waals surface area contributed by atoms with E-state index in [0.717, 1.165) is 60.1 Å². The molecule has 2 aliphatic carbocycles. The Bertz CT molecular complexity index is 1230. The molecule has 1 aliphatic heterocycles. The van der Waals surface area contributed by atoms with Crippen molar-refractivity contribution in [3.63, 3.8) is 0 Å². The molecule has 6 rings (SSSR count). The number of hydrogen-bond acceptors (Lipinski definition) is 7. The molecule has 2 fully saturated rings. The third kappa shape index (κ3) is 3.85. The van der Waals surface area contributed by atoms with Gasteiger partial charge in [-0.25, -0.2) is 4.68 Å². The molecule has 9 heteroatoms. The van der Waals surface area contributed by atoms with Gasteiger partial charge in [-0.3, -0.25) is 9.69 Å². The standard InChI is InChI=1S/C25H32N6O3/c1-2-21(24-27-28-29-31(24)19-9-5-6-10-19)30(18-7-3-4-8-18)14-17-11-16-12-22-23(34-15-33-22)13-20(16)26-25(17)32/h11-13,18-19,21H,2-10,14-15H2,1H3,(H,26,32). The van der Waals surface area contributed by atoms with Gasteiger partial charge in [-0.05, 0) is 54.7 Å². The molecular weight excluding hydrogens is 432 g/mol. The molecule has 2 saturated carbocycles. The highest BCUT2D eigenvalue weighted by atomic mass is 16.7. The first-order valence-electron chi connectivity index (χ1n) is 12.7. The lowest BCUT2D eigenvalue weighted by atomic mass is 10.0. The number of benzene rings is 1. The molecule has 34 heavy (non-hydrogen) atoms. The van der Waals surface area contributed by atoms with Crippen molar-refractivity contribution in [3.05, 3.63) is 39.9 Å². The average Bonchev–Trinajstić information content (AvgIpc) is 3.65. The molecule has 0 saturated heterocycles. The molecule has 0 spiro atoms. The van der Waals surface area contributed by atoms with Gasteiger partial charge < -0.3 is 14.5 Å². The zero-order valence-corrected chi connectivity index (χ0v) is 19.7. The highest BCUT2D eigenvalue weighted by Crippen LogP contribution is 2.38. The number of nitrogens with zero attached hydrogens (tertiary/aromatic N) is 5. The lowest BCUT2D eigenvalue weighted by molar-refractivity contribution is 0.110. The van der Waals surface area contributed by atoms with E-state index in [1.807, 2.05) is 18.2 Å². The predicted octanol–water partition coefficient (Wildman–Crippen LogP) is 4.25. The monoisotopic (exact) mass is 464 g/mol. The molecule has 1 N–H and O–H groups in total. The van der Waals surface area contributed by atoms with Gasteiger partial charge in [0.15, 0.2) is 17.3 Å². The number of tetrazole rings is 1. The van der Waals surface area contributed by atoms with Crippen LogP contribution in [0.15, 0.2) is 23.0 Å². The maximum Gasteiger partial charge on any atom is 0.252 e. The normalized spacial score (nSPS) is 19.6. The summed E-state index contributed by atoms with van der Waals surface area (Å²) in [4.78, 5) is 18.7. The van der Waals surface area contributed by atoms with E-state index in [9.17, 15) is 4.79 Å². The van der Waals surface area contributed by atoms with Crippen LogP contribution in [0.1, 0.15) is 88.2 Å². The van der Waals surface area contributed by atoms with E-state index < -0.39 is 0 Å². The number of aromatic amines is 1. The molecule has 3 aromatic rings. The highest BCUT2D eigenvalue weighted by molar-refractivity contribution is 5.83. The van der Waals surface area contributed by atoms with Crippen LogP contribution < -0.4 is 15.0 Å². The number of H-pyrrole nitrogens is 1. The first-order valence-corrected chi connectivity index (χ1v) is 12.7. The highest BCUT2D eigenvalue weighted by Gasteiger charge is 2.34. The SMILES string of the molecule is CCC(c1nnnn1C1CCCC1)N(Cc1cc2cc3c(cc2[nH]c1=O)OCO3)C1CCCC1. The van der Waals surface area contributed by atoms with Crippen molar-refractivity contribution in [1.82, 2.24) is 30.1 Å². The molecule has 9 nitrogen and oxygen atoms in total. The Balaban J connectivity index is 1.37. The van der Waals surface area contributed by atoms with E-state index in [4.69, 9.17) is 9.47 Å². The molecule has 0 radical (unpaired) electrons. The van der Waals surface area contributed by atoms with Crippen LogP contribution in [0.2, 0.25) is 0 Å². The maximum atomic E-state index is 13.2. The summed E-state index contributed by atoms with van der Waals surface area (Å²) in [5.74, 6) is 2.34. The summed E-state index contributed by atoms with van der Waals surface area (Å²) in [6, 6.07) is 6.69. The fourth-order valence-electron chi connectivity index (χ4n) is 6.08. The summed E-state index contributed by atoms with van der Waals surface area (Å²) in [5.41, 5.74) is 1.47. The Hall–Kier alpha value is -2.94. The molecule has 0 bridgehead atoms. The Morgan fingerprint density at radius 2 is 1.82 bits per heavy atom. The molecule has 3 heterocycles. The second-order valence-electron chi connectivity index (χ2n) is 9.87. The third-order valence-corrected chi connectivity index (χ3v) is 7.83. The van der Waals surface area contributed by atoms with E-state index >= 15 is 0 Å². The van der Waals surface area contributed by atoms with Gasteiger partial charge in [-0.2, -0.15) is 0 Å². The Kier molecular flexibility index (Phi) is 5.72. The van der Waals surface area contributed by atoms with Gasteiger partial charge in [0, 0.05) is 29.6 Å². The number of aromatic nitrogens is 5. The Labute approximate surface area is 198 Å². The summed E-state index contributed by atoms with van der Waals surface area (Å²) >= 11 is 0. The van der Waals surface area contributed by atoms with Crippen molar-refractivity contribution >= 4 is 10.9 Å². The first-order chi connectivity index (χ1) is 16.7. The van der Waals surface area contributed by atoms with Crippen molar-refractivity contribution in [1.29, 1.82) is 0 Å². The van der Waals surface area contributed by atoms with E-state index in [-0.39, 0.29) is 18.4 Å². The van der Waals surface area contributed by atoms with E-state index in [1.54, 1.807) is 0 Å². The summed E-state index contributed by atoms with van der Waals surface area (Å²) in [7, 11) is 0. The summed E-state index contributed by atoms with van der Waals surface area (Å²) in [6.45, 7) is 2.98. The molecule has 180 valence electrons. The van der Waals surface area contributed by atoms with E-state index in [1.165, 1.54) is 25.7 Å². The van der Waals surface area contributed by atoms with Gasteiger partial charge in [0.1, 0.15) is 0 Å². The van der Waals surface area contributed by atoms with Gasteiger partial charge in [0.05, 0.1) is 17.6 Å². The molecule has 2 aromatic heterocycles. The minimum Gasteiger partial charge on any atom is -0.454 e. The summed E-state index contributed by atoms with van der Waals surface area (Å²) in [5, 5.41) is 14.0. The molecule has 1 aromatic carbocycles. The van der Waals surface area contributed by atoms with Gasteiger partial charge in [-0.1, -0.05) is 32.6 Å². The smallest absolute Gasteiger partial charge is 0.252 e. The zero-order chi connectivity index (χ0) is 23.1. The molecule has 1 unspecified atom stereocenters. The minimum atomic E-state index is -0.0559. The van der Waals surface area contributed by atoms with Crippen molar-refractivity contribution in [2.45, 2.75) is 89.4 Å². The average molecular weight is 465 g/mol.